The molecule has 0 bridgehead atoms. The van der Waals surface area contributed by atoms with E-state index >= 15 is 0 Å². The zero-order valence-electron chi connectivity index (χ0n) is 13.2. The molecular formula is C17H20N2O3. The summed E-state index contributed by atoms with van der Waals surface area (Å²) in [7, 11) is 3.16. The van der Waals surface area contributed by atoms with Crippen molar-refractivity contribution in [3.63, 3.8) is 0 Å². The zero-order valence-corrected chi connectivity index (χ0v) is 13.2. The third kappa shape index (κ3) is 3.55. The molecule has 0 aliphatic carbocycles. The third-order valence-electron chi connectivity index (χ3n) is 3.41. The van der Waals surface area contributed by atoms with Gasteiger partial charge in [-0.1, -0.05) is 17.7 Å². The number of rotatable bonds is 5. The van der Waals surface area contributed by atoms with Crippen molar-refractivity contribution < 1.29 is 14.3 Å². The zero-order chi connectivity index (χ0) is 16.1. The lowest BCUT2D eigenvalue weighted by Gasteiger charge is -2.18. The van der Waals surface area contributed by atoms with Crippen molar-refractivity contribution in [1.29, 1.82) is 0 Å². The number of nitrogens with zero attached hydrogens (tertiary/aromatic N) is 1. The number of hydrogen-bond donors (Lipinski definition) is 1. The Hall–Kier alpha value is -2.56. The number of pyridine rings is 1. The molecule has 1 aromatic heterocycles. The van der Waals surface area contributed by atoms with Crippen LogP contribution in [0.1, 0.15) is 34.5 Å². The van der Waals surface area contributed by atoms with Crippen molar-refractivity contribution in [1.82, 2.24) is 10.3 Å². The first kappa shape index (κ1) is 15.8. The number of aryl methyl sites for hydroxylation is 1. The van der Waals surface area contributed by atoms with Crippen molar-refractivity contribution in [2.45, 2.75) is 19.9 Å². The lowest BCUT2D eigenvalue weighted by Crippen LogP contribution is -2.27. The van der Waals surface area contributed by atoms with Gasteiger partial charge in [0.1, 0.15) is 5.75 Å². The number of aromatic nitrogens is 1. The van der Waals surface area contributed by atoms with Crippen molar-refractivity contribution in [3.8, 4) is 11.6 Å². The highest BCUT2D eigenvalue weighted by Gasteiger charge is 2.15. The first-order chi connectivity index (χ1) is 10.5. The van der Waals surface area contributed by atoms with Crippen LogP contribution in [0.2, 0.25) is 0 Å². The van der Waals surface area contributed by atoms with Gasteiger partial charge >= 0.3 is 0 Å². The topological polar surface area (TPSA) is 60.5 Å². The molecule has 5 nitrogen and oxygen atoms in total. The van der Waals surface area contributed by atoms with E-state index in [0.717, 1.165) is 16.9 Å². The largest absolute Gasteiger partial charge is 0.496 e. The molecule has 0 spiro atoms. The lowest BCUT2D eigenvalue weighted by molar-refractivity contribution is 0.0939. The summed E-state index contributed by atoms with van der Waals surface area (Å²) in [5, 5.41) is 2.95. The second kappa shape index (κ2) is 6.93. The minimum Gasteiger partial charge on any atom is -0.496 e. The first-order valence-electron chi connectivity index (χ1n) is 7.00. The fraction of sp³-hybridized carbons (Fsp3) is 0.294. The number of carbonyl (C=O) groups excluding carboxylic acids is 1. The first-order valence-corrected chi connectivity index (χ1v) is 7.00. The molecule has 1 N–H and O–H groups in total. The summed E-state index contributed by atoms with van der Waals surface area (Å²) in [4.78, 5) is 16.3. The Labute approximate surface area is 130 Å². The molecule has 2 rings (SSSR count). The lowest BCUT2D eigenvalue weighted by atomic mass is 10.0. The van der Waals surface area contributed by atoms with E-state index in [-0.39, 0.29) is 11.9 Å². The molecule has 1 aromatic carbocycles. The number of methoxy groups -OCH3 is 2. The Bertz CT molecular complexity index is 653. The van der Waals surface area contributed by atoms with Crippen LogP contribution in [0.4, 0.5) is 0 Å². The molecule has 5 heteroatoms. The van der Waals surface area contributed by atoms with Gasteiger partial charge in [-0.3, -0.25) is 4.79 Å². The molecule has 2 aromatic rings. The Morgan fingerprint density at radius 2 is 1.95 bits per heavy atom. The summed E-state index contributed by atoms with van der Waals surface area (Å²) >= 11 is 0. The Kier molecular flexibility index (Phi) is 4.99. The summed E-state index contributed by atoms with van der Waals surface area (Å²) in [5.74, 6) is 1.04. The van der Waals surface area contributed by atoms with E-state index in [1.165, 1.54) is 13.3 Å². The third-order valence-corrected chi connectivity index (χ3v) is 3.41. The molecule has 0 aliphatic heterocycles. The van der Waals surface area contributed by atoms with Crippen LogP contribution >= 0.6 is 0 Å². The molecule has 0 radical (unpaired) electrons. The van der Waals surface area contributed by atoms with Crippen LogP contribution in [-0.4, -0.2) is 25.1 Å². The highest BCUT2D eigenvalue weighted by atomic mass is 16.5. The summed E-state index contributed by atoms with van der Waals surface area (Å²) in [6.45, 7) is 3.93. The minimum absolute atomic E-state index is 0.176. The maximum Gasteiger partial charge on any atom is 0.253 e. The van der Waals surface area contributed by atoms with Gasteiger partial charge in [-0.2, -0.15) is 0 Å². The second-order valence-electron chi connectivity index (χ2n) is 5.03. The molecule has 1 atom stereocenters. The summed E-state index contributed by atoms with van der Waals surface area (Å²) in [6, 6.07) is 9.06. The molecule has 0 aliphatic rings. The predicted octanol–water partition coefficient (Wildman–Crippen LogP) is 2.90. The second-order valence-corrected chi connectivity index (χ2v) is 5.03. The average molecular weight is 300 g/mol. The Morgan fingerprint density at radius 3 is 2.55 bits per heavy atom. The van der Waals surface area contributed by atoms with Gasteiger partial charge in [-0.25, -0.2) is 4.98 Å². The SMILES string of the molecule is COc1ccc(C(=O)N[C@@H](C)c2cc(C)ccc2OC)cn1. The quantitative estimate of drug-likeness (QED) is 0.922. The fourth-order valence-corrected chi connectivity index (χ4v) is 2.19. The van der Waals surface area contributed by atoms with E-state index in [0.29, 0.717) is 11.4 Å². The Morgan fingerprint density at radius 1 is 1.18 bits per heavy atom. The van der Waals surface area contributed by atoms with Crippen LogP contribution in [0.25, 0.3) is 0 Å². The molecule has 22 heavy (non-hydrogen) atoms. The van der Waals surface area contributed by atoms with Crippen molar-refractivity contribution in [2.75, 3.05) is 14.2 Å². The maximum atomic E-state index is 12.3. The van der Waals surface area contributed by atoms with E-state index in [9.17, 15) is 4.79 Å². The van der Waals surface area contributed by atoms with Gasteiger partial charge in [0.05, 0.1) is 25.8 Å². The van der Waals surface area contributed by atoms with E-state index in [1.807, 2.05) is 32.0 Å². The monoisotopic (exact) mass is 300 g/mol. The fourth-order valence-electron chi connectivity index (χ4n) is 2.19. The van der Waals surface area contributed by atoms with Gasteiger partial charge in [0, 0.05) is 17.8 Å². The molecule has 1 heterocycles. The molecule has 0 fully saturated rings. The summed E-state index contributed by atoms with van der Waals surface area (Å²) < 4.78 is 10.3. The number of hydrogen-bond acceptors (Lipinski definition) is 4. The van der Waals surface area contributed by atoms with Crippen LogP contribution in [0, 0.1) is 6.92 Å². The predicted molar refractivity (Wildman–Crippen MR) is 84.4 cm³/mol. The van der Waals surface area contributed by atoms with Crippen LogP contribution in [0.3, 0.4) is 0 Å². The number of benzene rings is 1. The Balaban J connectivity index is 2.15. The van der Waals surface area contributed by atoms with Crippen LogP contribution in [-0.2, 0) is 0 Å². The van der Waals surface area contributed by atoms with Crippen LogP contribution in [0.15, 0.2) is 36.5 Å². The smallest absolute Gasteiger partial charge is 0.253 e. The van der Waals surface area contributed by atoms with Gasteiger partial charge in [-0.05, 0) is 26.0 Å². The summed E-state index contributed by atoms with van der Waals surface area (Å²) in [6.07, 6.45) is 1.49. The molecule has 1 amide bonds. The number of ether oxygens (including phenoxy) is 2. The van der Waals surface area contributed by atoms with Crippen LogP contribution in [0.5, 0.6) is 11.6 Å². The molecule has 0 saturated carbocycles. The van der Waals surface area contributed by atoms with E-state index < -0.39 is 0 Å². The number of nitrogens with one attached hydrogen (secondary N) is 1. The van der Waals surface area contributed by atoms with E-state index in [4.69, 9.17) is 9.47 Å². The standard InChI is InChI=1S/C17H20N2O3/c1-11-5-7-15(21-3)14(9-11)12(2)19-17(20)13-6-8-16(22-4)18-10-13/h5-10,12H,1-4H3,(H,19,20)/t12-/m0/s1. The number of amides is 1. The van der Waals surface area contributed by atoms with Crippen LogP contribution < -0.4 is 14.8 Å². The average Bonchev–Trinajstić information content (AvgIpc) is 2.54. The maximum absolute atomic E-state index is 12.3. The molecule has 116 valence electrons. The molecule has 0 saturated heterocycles. The van der Waals surface area contributed by atoms with Gasteiger partial charge in [-0.15, -0.1) is 0 Å². The van der Waals surface area contributed by atoms with Crippen molar-refractivity contribution in [2.24, 2.45) is 0 Å². The van der Waals surface area contributed by atoms with Crippen molar-refractivity contribution >= 4 is 5.91 Å². The number of carbonyl (C=O) groups is 1. The highest BCUT2D eigenvalue weighted by molar-refractivity contribution is 5.94. The molecular weight excluding hydrogens is 280 g/mol. The van der Waals surface area contributed by atoms with Gasteiger partial charge in [0.2, 0.25) is 5.88 Å². The van der Waals surface area contributed by atoms with Crippen molar-refractivity contribution in [3.05, 3.63) is 53.2 Å². The highest BCUT2D eigenvalue weighted by Crippen LogP contribution is 2.26. The minimum atomic E-state index is -0.189. The molecule has 0 unspecified atom stereocenters. The summed E-state index contributed by atoms with van der Waals surface area (Å²) in [5.41, 5.74) is 2.54. The van der Waals surface area contributed by atoms with Gasteiger partial charge in [0.25, 0.3) is 5.91 Å². The van der Waals surface area contributed by atoms with E-state index in [1.54, 1.807) is 19.2 Å². The van der Waals surface area contributed by atoms with E-state index in [2.05, 4.69) is 10.3 Å². The van der Waals surface area contributed by atoms with Gasteiger partial charge < -0.3 is 14.8 Å². The normalized spacial score (nSPS) is 11.6. The van der Waals surface area contributed by atoms with Gasteiger partial charge in [0.15, 0.2) is 0 Å².